The van der Waals surface area contributed by atoms with E-state index in [1.54, 1.807) is 9.36 Å². The first-order chi connectivity index (χ1) is 12.8. The van der Waals surface area contributed by atoms with Crippen LogP contribution in [-0.2, 0) is 6.54 Å². The van der Waals surface area contributed by atoms with Gasteiger partial charge in [-0.1, -0.05) is 42.5 Å². The monoisotopic (exact) mass is 349 g/mol. The zero-order chi connectivity index (χ0) is 17.5. The molecule has 2 aliphatic rings. The fraction of sp³-hybridized carbons (Fsp3) is 0.450. The van der Waals surface area contributed by atoms with Crippen LogP contribution in [0.1, 0.15) is 43.3 Å². The number of aromatic nitrogens is 4. The molecule has 1 aliphatic carbocycles. The lowest BCUT2D eigenvalue weighted by molar-refractivity contribution is 0.170. The van der Waals surface area contributed by atoms with E-state index in [9.17, 15) is 4.79 Å². The Labute approximate surface area is 152 Å². The van der Waals surface area contributed by atoms with Gasteiger partial charge in [0.2, 0.25) is 0 Å². The second-order valence-electron chi connectivity index (χ2n) is 7.53. The maximum Gasteiger partial charge on any atom is 0.364 e. The van der Waals surface area contributed by atoms with Crippen LogP contribution in [0.5, 0.6) is 0 Å². The molecule has 0 N–H and O–H groups in total. The summed E-state index contributed by atoms with van der Waals surface area (Å²) in [5.41, 5.74) is 1.35. The molecule has 1 aliphatic heterocycles. The topological polar surface area (TPSA) is 56.0 Å². The highest BCUT2D eigenvalue weighted by atomic mass is 16.2. The van der Waals surface area contributed by atoms with Crippen molar-refractivity contribution in [3.63, 3.8) is 0 Å². The molecule has 0 radical (unpaired) electrons. The van der Waals surface area contributed by atoms with Gasteiger partial charge in [-0.3, -0.25) is 4.90 Å². The van der Waals surface area contributed by atoms with Crippen molar-refractivity contribution in [3.05, 3.63) is 58.5 Å². The first-order valence-electron chi connectivity index (χ1n) is 9.52. The molecule has 0 spiro atoms. The van der Waals surface area contributed by atoms with Crippen molar-refractivity contribution in [2.24, 2.45) is 0 Å². The van der Waals surface area contributed by atoms with Gasteiger partial charge in [0.25, 0.3) is 0 Å². The minimum absolute atomic E-state index is 0.0278. The molecule has 26 heavy (non-hydrogen) atoms. The average Bonchev–Trinajstić information content (AvgIpc) is 3.45. The van der Waals surface area contributed by atoms with E-state index < -0.39 is 0 Å². The lowest BCUT2D eigenvalue weighted by Crippen LogP contribution is -2.38. The van der Waals surface area contributed by atoms with Crippen LogP contribution in [0.25, 0.3) is 10.8 Å². The van der Waals surface area contributed by atoms with Crippen LogP contribution < -0.4 is 5.69 Å². The molecule has 2 heterocycles. The molecule has 6 heteroatoms. The quantitative estimate of drug-likeness (QED) is 0.727. The number of rotatable bonds is 4. The minimum atomic E-state index is -0.0278. The van der Waals surface area contributed by atoms with Crippen LogP contribution in [0.3, 0.4) is 0 Å². The van der Waals surface area contributed by atoms with Crippen molar-refractivity contribution in [2.75, 3.05) is 13.1 Å². The highest BCUT2D eigenvalue weighted by Gasteiger charge is 2.30. The van der Waals surface area contributed by atoms with Gasteiger partial charge in [0.1, 0.15) is 0 Å². The van der Waals surface area contributed by atoms with E-state index >= 15 is 0 Å². The Morgan fingerprint density at radius 1 is 0.846 bits per heavy atom. The van der Waals surface area contributed by atoms with E-state index in [0.717, 1.165) is 45.3 Å². The number of hydrogen-bond donors (Lipinski definition) is 0. The minimum Gasteiger partial charge on any atom is -0.299 e. The van der Waals surface area contributed by atoms with Crippen LogP contribution >= 0.6 is 0 Å². The van der Waals surface area contributed by atoms with Crippen LogP contribution in [-0.4, -0.2) is 37.8 Å². The maximum atomic E-state index is 12.5. The Balaban J connectivity index is 1.28. The highest BCUT2D eigenvalue weighted by molar-refractivity contribution is 5.85. The van der Waals surface area contributed by atoms with E-state index in [-0.39, 0.29) is 11.7 Å². The van der Waals surface area contributed by atoms with Crippen molar-refractivity contribution < 1.29 is 0 Å². The van der Waals surface area contributed by atoms with E-state index in [1.165, 1.54) is 16.3 Å². The molecule has 2 aromatic carbocycles. The first-order valence-corrected chi connectivity index (χ1v) is 9.52. The fourth-order valence-corrected chi connectivity index (χ4v) is 4.04. The number of hydrogen-bond acceptors (Lipinski definition) is 4. The number of likely N-dealkylation sites (tertiary alicyclic amines) is 1. The molecule has 0 amide bonds. The zero-order valence-electron chi connectivity index (χ0n) is 14.8. The van der Waals surface area contributed by atoms with Gasteiger partial charge in [0, 0.05) is 19.6 Å². The summed E-state index contributed by atoms with van der Waals surface area (Å²) in [4.78, 5) is 14.9. The van der Waals surface area contributed by atoms with Crippen molar-refractivity contribution in [1.82, 2.24) is 24.7 Å². The van der Waals surface area contributed by atoms with E-state index in [4.69, 9.17) is 0 Å². The molecule has 0 bridgehead atoms. The molecule has 5 rings (SSSR count). The standard InChI is InChI=1S/C20H23N5O/c26-20-24(17-8-9-17)21-22-25(20)18-10-12-23(13-11-18)14-16-6-3-5-15-4-1-2-7-19(15)16/h1-7,17-18H,8-14H2. The summed E-state index contributed by atoms with van der Waals surface area (Å²) in [6.07, 6.45) is 4.02. The number of fused-ring (bicyclic) bond motifs is 1. The third kappa shape index (κ3) is 2.84. The summed E-state index contributed by atoms with van der Waals surface area (Å²) in [7, 11) is 0. The smallest absolute Gasteiger partial charge is 0.299 e. The molecular formula is C20H23N5O. The predicted molar refractivity (Wildman–Crippen MR) is 100 cm³/mol. The molecule has 6 nitrogen and oxygen atoms in total. The molecule has 1 saturated heterocycles. The normalized spacial score (nSPS) is 19.2. The lowest BCUT2D eigenvalue weighted by Gasteiger charge is -2.31. The van der Waals surface area contributed by atoms with Gasteiger partial charge in [0.05, 0.1) is 12.1 Å². The molecule has 0 atom stereocenters. The zero-order valence-corrected chi connectivity index (χ0v) is 14.8. The molecule has 3 aromatic rings. The summed E-state index contributed by atoms with van der Waals surface area (Å²) < 4.78 is 3.19. The van der Waals surface area contributed by atoms with Gasteiger partial charge < -0.3 is 0 Å². The Bertz CT molecular complexity index is 974. The van der Waals surface area contributed by atoms with Gasteiger partial charge in [0.15, 0.2) is 0 Å². The van der Waals surface area contributed by atoms with Crippen LogP contribution in [0, 0.1) is 0 Å². The van der Waals surface area contributed by atoms with Crippen LogP contribution in [0.15, 0.2) is 47.3 Å². The van der Waals surface area contributed by atoms with Crippen molar-refractivity contribution in [2.45, 2.75) is 44.3 Å². The van der Waals surface area contributed by atoms with Gasteiger partial charge in [-0.15, -0.1) is 0 Å². The SMILES string of the molecule is O=c1n(C2CC2)nnn1C1CCN(Cc2cccc3ccccc23)CC1. The van der Waals surface area contributed by atoms with E-state index in [0.29, 0.717) is 6.04 Å². The van der Waals surface area contributed by atoms with Gasteiger partial charge in [-0.25, -0.2) is 4.79 Å². The number of nitrogens with zero attached hydrogens (tertiary/aromatic N) is 5. The summed E-state index contributed by atoms with van der Waals surface area (Å²) >= 11 is 0. The molecule has 1 aromatic heterocycles. The third-order valence-electron chi connectivity index (χ3n) is 5.69. The lowest BCUT2D eigenvalue weighted by atomic mass is 10.0. The van der Waals surface area contributed by atoms with Crippen LogP contribution in [0.2, 0.25) is 0 Å². The number of benzene rings is 2. The van der Waals surface area contributed by atoms with Gasteiger partial charge in [-0.05, 0) is 52.4 Å². The van der Waals surface area contributed by atoms with Crippen LogP contribution in [0.4, 0.5) is 0 Å². The predicted octanol–water partition coefficient (Wildman–Crippen LogP) is 2.77. The Morgan fingerprint density at radius 3 is 2.23 bits per heavy atom. The largest absolute Gasteiger partial charge is 0.364 e. The Kier molecular flexibility index (Phi) is 3.85. The average molecular weight is 349 g/mol. The van der Waals surface area contributed by atoms with Crippen molar-refractivity contribution in [3.8, 4) is 0 Å². The van der Waals surface area contributed by atoms with E-state index in [1.807, 2.05) is 0 Å². The number of piperidine rings is 1. The van der Waals surface area contributed by atoms with Crippen molar-refractivity contribution >= 4 is 10.8 Å². The van der Waals surface area contributed by atoms with E-state index in [2.05, 4.69) is 57.8 Å². The van der Waals surface area contributed by atoms with Gasteiger partial charge >= 0.3 is 5.69 Å². The highest BCUT2D eigenvalue weighted by Crippen LogP contribution is 2.32. The molecule has 1 saturated carbocycles. The second kappa shape index (κ2) is 6.36. The third-order valence-corrected chi connectivity index (χ3v) is 5.69. The summed E-state index contributed by atoms with van der Waals surface area (Å²) in [6.45, 7) is 2.92. The van der Waals surface area contributed by atoms with Crippen molar-refractivity contribution in [1.29, 1.82) is 0 Å². The Morgan fingerprint density at radius 2 is 1.50 bits per heavy atom. The summed E-state index contributed by atoms with van der Waals surface area (Å²) in [5, 5.41) is 10.9. The fourth-order valence-electron chi connectivity index (χ4n) is 4.04. The molecule has 2 fully saturated rings. The first kappa shape index (κ1) is 15.8. The second-order valence-corrected chi connectivity index (χ2v) is 7.53. The molecular weight excluding hydrogens is 326 g/mol. The summed E-state index contributed by atoms with van der Waals surface area (Å²) in [5.74, 6) is 0. The molecule has 134 valence electrons. The summed E-state index contributed by atoms with van der Waals surface area (Å²) in [6, 6.07) is 15.6. The Hall–Kier alpha value is -2.47. The maximum absolute atomic E-state index is 12.5. The van der Waals surface area contributed by atoms with Gasteiger partial charge in [-0.2, -0.15) is 9.36 Å². The number of tetrazole rings is 1. The molecule has 0 unspecified atom stereocenters.